The lowest BCUT2D eigenvalue weighted by atomic mass is 9.99. The average Bonchev–Trinajstić information content (AvgIpc) is 3.77. The van der Waals surface area contributed by atoms with Crippen molar-refractivity contribution in [1.82, 2.24) is 15.3 Å². The number of carbonyl (C=O) groups is 2. The van der Waals surface area contributed by atoms with Crippen molar-refractivity contribution in [2.24, 2.45) is 5.92 Å². The van der Waals surface area contributed by atoms with E-state index < -0.39 is 12.0 Å². The Bertz CT molecular complexity index is 1670. The topological polar surface area (TPSA) is 163 Å². The van der Waals surface area contributed by atoms with Crippen molar-refractivity contribution in [3.8, 4) is 28.3 Å². The molecular formula is C34H36ClN3O8. The summed E-state index contributed by atoms with van der Waals surface area (Å²) in [5.41, 5.74) is 5.60. The number of nitrogens with one attached hydrogen (secondary N) is 2. The highest BCUT2D eigenvalue weighted by atomic mass is 35.5. The van der Waals surface area contributed by atoms with E-state index in [4.69, 9.17) is 36.0 Å². The van der Waals surface area contributed by atoms with Crippen LogP contribution in [-0.4, -0.2) is 94.4 Å². The summed E-state index contributed by atoms with van der Waals surface area (Å²) in [6, 6.07) is 19.3. The molecule has 46 heavy (non-hydrogen) atoms. The van der Waals surface area contributed by atoms with Crippen LogP contribution in [0.5, 0.6) is 6.01 Å². The highest BCUT2D eigenvalue weighted by Gasteiger charge is 2.48. The van der Waals surface area contributed by atoms with Crippen molar-refractivity contribution in [3.63, 3.8) is 0 Å². The fraction of sp³-hybridized carbons (Fsp3) is 0.382. The summed E-state index contributed by atoms with van der Waals surface area (Å²) in [5.74, 6) is -0.695. The van der Waals surface area contributed by atoms with Crippen LogP contribution in [0.15, 0.2) is 60.7 Å². The number of carbonyl (C=O) groups excluding carboxylic acids is 2. The van der Waals surface area contributed by atoms with Crippen molar-refractivity contribution < 1.29 is 39.1 Å². The van der Waals surface area contributed by atoms with E-state index in [0.29, 0.717) is 41.7 Å². The summed E-state index contributed by atoms with van der Waals surface area (Å²) in [5, 5.41) is 31.6. The lowest BCUT2D eigenvalue weighted by molar-refractivity contribution is -0.120. The van der Waals surface area contributed by atoms with Crippen molar-refractivity contribution in [2.75, 3.05) is 33.0 Å². The maximum atomic E-state index is 12.6. The third-order valence-electron chi connectivity index (χ3n) is 8.42. The van der Waals surface area contributed by atoms with E-state index in [-0.39, 0.29) is 62.7 Å². The number of H-pyrrole nitrogens is 1. The van der Waals surface area contributed by atoms with Crippen LogP contribution in [0, 0.1) is 5.92 Å². The second-order valence-electron chi connectivity index (χ2n) is 11.7. The van der Waals surface area contributed by atoms with E-state index in [1.165, 1.54) is 0 Å². The van der Waals surface area contributed by atoms with Crippen molar-refractivity contribution in [2.45, 2.75) is 43.7 Å². The Labute approximate surface area is 270 Å². The lowest BCUT2D eigenvalue weighted by Crippen LogP contribution is -2.34. The number of benzene rings is 3. The molecule has 4 aromatic rings. The van der Waals surface area contributed by atoms with Gasteiger partial charge in [0.2, 0.25) is 0 Å². The Morgan fingerprint density at radius 1 is 0.978 bits per heavy atom. The lowest BCUT2D eigenvalue weighted by Gasteiger charge is -2.15. The largest absolute Gasteiger partial charge is 0.456 e. The van der Waals surface area contributed by atoms with Gasteiger partial charge in [0.1, 0.15) is 24.1 Å². The molecule has 0 spiro atoms. The molecule has 0 saturated carbocycles. The molecule has 0 radical (unpaired) electrons. The van der Waals surface area contributed by atoms with Gasteiger partial charge in [-0.3, -0.25) is 9.59 Å². The number of aromatic nitrogens is 2. The number of hydrogen-bond donors (Lipinski definition) is 5. The molecule has 3 aromatic carbocycles. The van der Waals surface area contributed by atoms with Gasteiger partial charge in [-0.15, -0.1) is 0 Å². The highest BCUT2D eigenvalue weighted by Crippen LogP contribution is 2.35. The standard InChI is InChI=1S/C34H36ClN3O8/c35-26-14-28-27(37-34(38-28)46-30-18-45-31-29(42)17-44-32(30)31)13-25(26)22-7-3-20(4-8-22)21-5-9-23(10-6-21)33(43)36-11-1-2-24(41)12-19(15-39)16-40/h3-10,13-14,19,29-32,39-40,42H,1-2,11-12,15-18H2,(H,36,43)(H,37,38)/t29-,30-,31-,32-/m1/s1. The number of Topliss-reactive ketones (excluding diaryl/α,β-unsaturated/α-hetero) is 1. The van der Waals surface area contributed by atoms with E-state index >= 15 is 0 Å². The van der Waals surface area contributed by atoms with Crippen LogP contribution in [0.1, 0.15) is 29.6 Å². The molecule has 2 aliphatic heterocycles. The van der Waals surface area contributed by atoms with E-state index in [0.717, 1.165) is 27.8 Å². The molecule has 3 heterocycles. The molecule has 2 fully saturated rings. The summed E-state index contributed by atoms with van der Waals surface area (Å²) >= 11 is 6.67. The molecule has 12 heteroatoms. The number of amides is 1. The second kappa shape index (κ2) is 14.3. The minimum Gasteiger partial charge on any atom is -0.456 e. The van der Waals surface area contributed by atoms with Crippen molar-refractivity contribution in [1.29, 1.82) is 0 Å². The van der Waals surface area contributed by atoms with Crippen molar-refractivity contribution >= 4 is 34.3 Å². The molecule has 0 bridgehead atoms. The third kappa shape index (κ3) is 7.10. The SMILES string of the molecule is O=C(CCCNC(=O)c1ccc(-c2ccc(-c3cc4nc(O[C@@H]5CO[C@H]6[C@@H]5OC[C@H]6O)[nH]c4cc3Cl)cc2)cc1)CC(CO)CO. The Morgan fingerprint density at radius 2 is 1.65 bits per heavy atom. The first kappa shape index (κ1) is 32.1. The smallest absolute Gasteiger partial charge is 0.295 e. The van der Waals surface area contributed by atoms with Gasteiger partial charge in [-0.2, -0.15) is 4.98 Å². The van der Waals surface area contributed by atoms with Crippen LogP contribution in [-0.2, 0) is 14.3 Å². The molecule has 1 aromatic heterocycles. The molecule has 1 amide bonds. The maximum absolute atomic E-state index is 12.6. The molecule has 0 unspecified atom stereocenters. The van der Waals surface area contributed by atoms with Crippen LogP contribution in [0.3, 0.4) is 0 Å². The van der Waals surface area contributed by atoms with Gasteiger partial charge >= 0.3 is 0 Å². The van der Waals surface area contributed by atoms with E-state index in [1.54, 1.807) is 12.1 Å². The number of halogens is 1. The van der Waals surface area contributed by atoms with Crippen LogP contribution in [0.25, 0.3) is 33.3 Å². The summed E-state index contributed by atoms with van der Waals surface area (Å²) < 4.78 is 17.3. The summed E-state index contributed by atoms with van der Waals surface area (Å²) in [6.07, 6.45) is -0.853. The van der Waals surface area contributed by atoms with E-state index in [1.807, 2.05) is 48.5 Å². The minimum atomic E-state index is -0.652. The maximum Gasteiger partial charge on any atom is 0.295 e. The molecular weight excluding hydrogens is 614 g/mol. The van der Waals surface area contributed by atoms with Crippen LogP contribution >= 0.6 is 11.6 Å². The van der Waals surface area contributed by atoms with Gasteiger partial charge in [0.25, 0.3) is 11.9 Å². The Morgan fingerprint density at radius 3 is 2.37 bits per heavy atom. The van der Waals surface area contributed by atoms with Gasteiger partial charge in [0.05, 0.1) is 29.3 Å². The number of imidazole rings is 1. The Balaban J connectivity index is 1.05. The summed E-state index contributed by atoms with van der Waals surface area (Å²) in [7, 11) is 0. The first-order valence-corrected chi connectivity index (χ1v) is 15.7. The predicted octanol–water partition coefficient (Wildman–Crippen LogP) is 3.53. The number of aromatic amines is 1. The molecule has 2 aliphatic rings. The van der Waals surface area contributed by atoms with Crippen molar-refractivity contribution in [3.05, 3.63) is 71.2 Å². The summed E-state index contributed by atoms with van der Waals surface area (Å²) in [4.78, 5) is 32.3. The fourth-order valence-corrected chi connectivity index (χ4v) is 6.10. The molecule has 242 valence electrons. The van der Waals surface area contributed by atoms with Gasteiger partial charge in [-0.1, -0.05) is 48.0 Å². The van der Waals surface area contributed by atoms with Gasteiger partial charge in [0.15, 0.2) is 6.10 Å². The summed E-state index contributed by atoms with van der Waals surface area (Å²) in [6.45, 7) is 0.435. The quantitative estimate of drug-likeness (QED) is 0.136. The number of hydrogen-bond acceptors (Lipinski definition) is 9. The highest BCUT2D eigenvalue weighted by molar-refractivity contribution is 6.34. The molecule has 0 aliphatic carbocycles. The molecule has 5 N–H and O–H groups in total. The van der Waals surface area contributed by atoms with Crippen LogP contribution in [0.2, 0.25) is 5.02 Å². The average molecular weight is 650 g/mol. The zero-order chi connectivity index (χ0) is 32.2. The minimum absolute atomic E-state index is 0.0451. The molecule has 6 rings (SSSR count). The first-order chi connectivity index (χ1) is 22.3. The number of nitrogens with zero attached hydrogens (tertiary/aromatic N) is 1. The Hall–Kier alpha value is -3.84. The number of aliphatic hydroxyl groups excluding tert-OH is 3. The monoisotopic (exact) mass is 649 g/mol. The number of rotatable bonds is 13. The number of fused-ring (bicyclic) bond motifs is 2. The van der Waals surface area contributed by atoms with Gasteiger partial charge in [0, 0.05) is 49.6 Å². The first-order valence-electron chi connectivity index (χ1n) is 15.3. The number of ketones is 1. The zero-order valence-electron chi connectivity index (χ0n) is 25.0. The number of ether oxygens (including phenoxy) is 3. The molecule has 11 nitrogen and oxygen atoms in total. The molecule has 2 saturated heterocycles. The fourth-order valence-electron chi connectivity index (χ4n) is 5.83. The number of aliphatic hydroxyl groups is 3. The van der Waals surface area contributed by atoms with Crippen LogP contribution in [0.4, 0.5) is 0 Å². The van der Waals surface area contributed by atoms with Crippen LogP contribution < -0.4 is 10.1 Å². The van der Waals surface area contributed by atoms with E-state index in [9.17, 15) is 14.7 Å². The van der Waals surface area contributed by atoms with E-state index in [2.05, 4.69) is 15.3 Å². The third-order valence-corrected chi connectivity index (χ3v) is 8.73. The van der Waals surface area contributed by atoms with Gasteiger partial charge in [-0.05, 0) is 47.4 Å². The zero-order valence-corrected chi connectivity index (χ0v) is 25.8. The Kier molecular flexibility index (Phi) is 9.98. The van der Waals surface area contributed by atoms with Gasteiger partial charge < -0.3 is 39.8 Å². The molecule has 4 atom stereocenters. The second-order valence-corrected chi connectivity index (χ2v) is 12.1. The normalized spacial score (nSPS) is 20.7. The van der Waals surface area contributed by atoms with Gasteiger partial charge in [-0.25, -0.2) is 0 Å². The predicted molar refractivity (Wildman–Crippen MR) is 171 cm³/mol.